The van der Waals surface area contributed by atoms with Crippen molar-refractivity contribution in [1.82, 2.24) is 4.90 Å². The number of aliphatic hydroxyl groups excluding tert-OH is 1. The summed E-state index contributed by atoms with van der Waals surface area (Å²) in [5, 5.41) is 18.4. The first-order chi connectivity index (χ1) is 7.47. The lowest BCUT2D eigenvalue weighted by Gasteiger charge is -2.24. The standard InChI is InChI=1S/C11H19NO4/c1-3-4-7(2)10(14)12-6-8(13)5-9(12)11(15)16/h7-9,13H,3-6H2,1-2H3,(H,15,16). The average Bonchev–Trinajstić information content (AvgIpc) is 2.59. The molecule has 1 fully saturated rings. The molecule has 0 aromatic carbocycles. The van der Waals surface area contributed by atoms with Crippen molar-refractivity contribution in [3.8, 4) is 0 Å². The van der Waals surface area contributed by atoms with Crippen LogP contribution >= 0.6 is 0 Å². The smallest absolute Gasteiger partial charge is 0.326 e. The van der Waals surface area contributed by atoms with Gasteiger partial charge >= 0.3 is 5.97 Å². The quantitative estimate of drug-likeness (QED) is 0.734. The largest absolute Gasteiger partial charge is 0.480 e. The molecule has 1 heterocycles. The predicted octanol–water partition coefficient (Wildman–Crippen LogP) is 0.469. The number of carboxylic acids is 1. The van der Waals surface area contributed by atoms with E-state index in [1.165, 1.54) is 4.90 Å². The second-order valence-corrected chi connectivity index (χ2v) is 4.42. The van der Waals surface area contributed by atoms with Gasteiger partial charge in [-0.05, 0) is 6.42 Å². The van der Waals surface area contributed by atoms with Crippen LogP contribution in [0.15, 0.2) is 0 Å². The molecule has 1 aliphatic rings. The van der Waals surface area contributed by atoms with E-state index in [2.05, 4.69) is 0 Å². The number of hydrogen-bond donors (Lipinski definition) is 2. The molecule has 1 amide bonds. The number of carbonyl (C=O) groups excluding carboxylic acids is 1. The van der Waals surface area contributed by atoms with Crippen LogP contribution in [0.25, 0.3) is 0 Å². The highest BCUT2D eigenvalue weighted by Crippen LogP contribution is 2.22. The summed E-state index contributed by atoms with van der Waals surface area (Å²) in [4.78, 5) is 24.2. The molecule has 3 unspecified atom stereocenters. The fourth-order valence-electron chi connectivity index (χ4n) is 2.13. The van der Waals surface area contributed by atoms with Gasteiger partial charge in [0.15, 0.2) is 0 Å². The second-order valence-electron chi connectivity index (χ2n) is 4.42. The second kappa shape index (κ2) is 5.30. The van der Waals surface area contributed by atoms with Gasteiger partial charge in [-0.15, -0.1) is 0 Å². The van der Waals surface area contributed by atoms with E-state index in [9.17, 15) is 14.7 Å². The molecule has 0 aliphatic carbocycles. The van der Waals surface area contributed by atoms with Crippen molar-refractivity contribution < 1.29 is 19.8 Å². The molecule has 0 aromatic heterocycles. The Balaban J connectivity index is 2.70. The highest BCUT2D eigenvalue weighted by molar-refractivity contribution is 5.85. The van der Waals surface area contributed by atoms with Crippen molar-refractivity contribution in [3.05, 3.63) is 0 Å². The van der Waals surface area contributed by atoms with Crippen LogP contribution in [0.1, 0.15) is 33.1 Å². The van der Waals surface area contributed by atoms with E-state index in [-0.39, 0.29) is 24.8 Å². The molecule has 0 radical (unpaired) electrons. The molecular formula is C11H19NO4. The molecule has 0 saturated carbocycles. The third kappa shape index (κ3) is 2.72. The molecule has 0 aromatic rings. The lowest BCUT2D eigenvalue weighted by atomic mass is 10.0. The zero-order valence-electron chi connectivity index (χ0n) is 9.72. The minimum absolute atomic E-state index is 0.139. The summed E-state index contributed by atoms with van der Waals surface area (Å²) in [6.45, 7) is 3.93. The van der Waals surface area contributed by atoms with Crippen LogP contribution in [0.5, 0.6) is 0 Å². The fraction of sp³-hybridized carbons (Fsp3) is 0.818. The first-order valence-electron chi connectivity index (χ1n) is 5.68. The number of aliphatic carboxylic acids is 1. The Morgan fingerprint density at radius 2 is 2.12 bits per heavy atom. The van der Waals surface area contributed by atoms with Crippen molar-refractivity contribution in [2.24, 2.45) is 5.92 Å². The Hall–Kier alpha value is -1.10. The summed E-state index contributed by atoms with van der Waals surface area (Å²) in [6.07, 6.45) is 1.07. The topological polar surface area (TPSA) is 77.8 Å². The number of likely N-dealkylation sites (tertiary alicyclic amines) is 1. The first kappa shape index (κ1) is 13.0. The summed E-state index contributed by atoms with van der Waals surface area (Å²) in [5.41, 5.74) is 0. The summed E-state index contributed by atoms with van der Waals surface area (Å²) >= 11 is 0. The molecule has 92 valence electrons. The lowest BCUT2D eigenvalue weighted by Crippen LogP contribution is -2.43. The molecule has 2 N–H and O–H groups in total. The van der Waals surface area contributed by atoms with E-state index in [0.29, 0.717) is 0 Å². The number of amides is 1. The number of carboxylic acid groups (broad SMARTS) is 1. The predicted molar refractivity (Wildman–Crippen MR) is 57.8 cm³/mol. The monoisotopic (exact) mass is 229 g/mol. The SMILES string of the molecule is CCCC(C)C(=O)N1CC(O)CC1C(=O)O. The average molecular weight is 229 g/mol. The number of rotatable bonds is 4. The molecule has 5 nitrogen and oxygen atoms in total. The highest BCUT2D eigenvalue weighted by Gasteiger charge is 2.39. The molecule has 5 heteroatoms. The maximum atomic E-state index is 11.9. The Kier molecular flexibility index (Phi) is 4.29. The van der Waals surface area contributed by atoms with Gasteiger partial charge in [-0.2, -0.15) is 0 Å². The first-order valence-corrected chi connectivity index (χ1v) is 5.68. The molecular weight excluding hydrogens is 210 g/mol. The van der Waals surface area contributed by atoms with Crippen LogP contribution in [0.4, 0.5) is 0 Å². The minimum atomic E-state index is -1.03. The van der Waals surface area contributed by atoms with E-state index >= 15 is 0 Å². The van der Waals surface area contributed by atoms with Crippen LogP contribution in [0.3, 0.4) is 0 Å². The van der Waals surface area contributed by atoms with Gasteiger partial charge in [0.2, 0.25) is 5.91 Å². The maximum absolute atomic E-state index is 11.9. The van der Waals surface area contributed by atoms with Crippen molar-refractivity contribution in [2.75, 3.05) is 6.54 Å². The number of carbonyl (C=O) groups is 2. The van der Waals surface area contributed by atoms with E-state index in [0.717, 1.165) is 12.8 Å². The van der Waals surface area contributed by atoms with Gasteiger partial charge in [-0.3, -0.25) is 4.79 Å². The summed E-state index contributed by atoms with van der Waals surface area (Å²) < 4.78 is 0. The molecule has 16 heavy (non-hydrogen) atoms. The van der Waals surface area contributed by atoms with E-state index in [4.69, 9.17) is 5.11 Å². The number of hydrogen-bond acceptors (Lipinski definition) is 3. The van der Waals surface area contributed by atoms with Crippen LogP contribution in [0.2, 0.25) is 0 Å². The van der Waals surface area contributed by atoms with Crippen molar-refractivity contribution in [2.45, 2.75) is 45.3 Å². The van der Waals surface area contributed by atoms with Crippen molar-refractivity contribution >= 4 is 11.9 Å². The van der Waals surface area contributed by atoms with Gasteiger partial charge in [0, 0.05) is 18.9 Å². The van der Waals surface area contributed by atoms with E-state index in [1.807, 2.05) is 6.92 Å². The third-order valence-electron chi connectivity index (χ3n) is 2.99. The molecule has 3 atom stereocenters. The van der Waals surface area contributed by atoms with E-state index < -0.39 is 18.1 Å². The van der Waals surface area contributed by atoms with Crippen molar-refractivity contribution in [1.29, 1.82) is 0 Å². The van der Waals surface area contributed by atoms with Gasteiger partial charge in [-0.25, -0.2) is 4.79 Å². The van der Waals surface area contributed by atoms with Crippen LogP contribution < -0.4 is 0 Å². The fourth-order valence-corrected chi connectivity index (χ4v) is 2.13. The van der Waals surface area contributed by atoms with Crippen LogP contribution in [-0.4, -0.2) is 45.7 Å². The minimum Gasteiger partial charge on any atom is -0.480 e. The highest BCUT2D eigenvalue weighted by atomic mass is 16.4. The van der Waals surface area contributed by atoms with Crippen LogP contribution in [0, 0.1) is 5.92 Å². The van der Waals surface area contributed by atoms with E-state index in [1.54, 1.807) is 6.92 Å². The lowest BCUT2D eigenvalue weighted by molar-refractivity contribution is -0.149. The molecule has 0 spiro atoms. The van der Waals surface area contributed by atoms with Gasteiger partial charge in [-0.1, -0.05) is 20.3 Å². The molecule has 0 bridgehead atoms. The van der Waals surface area contributed by atoms with Crippen molar-refractivity contribution in [3.63, 3.8) is 0 Å². The summed E-state index contributed by atoms with van der Waals surface area (Å²) in [6, 6.07) is -0.859. The number of β-amino-alcohol motifs (C(OH)–C–C–N with tert-alkyl or cyclic N) is 1. The Morgan fingerprint density at radius 3 is 2.62 bits per heavy atom. The zero-order chi connectivity index (χ0) is 12.3. The Labute approximate surface area is 95.1 Å². The van der Waals surface area contributed by atoms with Crippen LogP contribution in [-0.2, 0) is 9.59 Å². The summed E-state index contributed by atoms with van der Waals surface area (Å²) in [7, 11) is 0. The maximum Gasteiger partial charge on any atom is 0.326 e. The van der Waals surface area contributed by atoms with Gasteiger partial charge < -0.3 is 15.1 Å². The number of aliphatic hydroxyl groups is 1. The van der Waals surface area contributed by atoms with Gasteiger partial charge in [0.1, 0.15) is 6.04 Å². The van der Waals surface area contributed by atoms with Gasteiger partial charge in [0.25, 0.3) is 0 Å². The zero-order valence-corrected chi connectivity index (χ0v) is 9.72. The van der Waals surface area contributed by atoms with Gasteiger partial charge in [0.05, 0.1) is 6.10 Å². The normalized spacial score (nSPS) is 26.8. The molecule has 1 aliphatic heterocycles. The molecule has 1 saturated heterocycles. The molecule has 1 rings (SSSR count). The third-order valence-corrected chi connectivity index (χ3v) is 2.99. The summed E-state index contributed by atoms with van der Waals surface area (Å²) in [5.74, 6) is -1.36. The number of nitrogens with zero attached hydrogens (tertiary/aromatic N) is 1. The Bertz CT molecular complexity index is 279. The Morgan fingerprint density at radius 1 is 1.50 bits per heavy atom.